The number of rotatable bonds is 11. The van der Waals surface area contributed by atoms with E-state index in [9.17, 15) is 9.59 Å². The lowest BCUT2D eigenvalue weighted by Gasteiger charge is -2.14. The summed E-state index contributed by atoms with van der Waals surface area (Å²) in [6.45, 7) is 0.890. The predicted octanol–water partition coefficient (Wildman–Crippen LogP) is 5.88. The maximum Gasteiger partial charge on any atom is 0.303 e. The molecule has 1 aliphatic heterocycles. The summed E-state index contributed by atoms with van der Waals surface area (Å²) in [6, 6.07) is 13.5. The largest absolute Gasteiger partial charge is 0.493 e. The molecule has 33 heavy (non-hydrogen) atoms. The lowest BCUT2D eigenvalue weighted by atomic mass is 10.1. The van der Waals surface area contributed by atoms with E-state index in [4.69, 9.17) is 26.8 Å². The number of aliphatic carboxylic acids is 1. The van der Waals surface area contributed by atoms with Crippen LogP contribution in [0.5, 0.6) is 11.5 Å². The average molecular weight is 550 g/mol. The molecule has 174 valence electrons. The van der Waals surface area contributed by atoms with Gasteiger partial charge in [-0.2, -0.15) is 0 Å². The van der Waals surface area contributed by atoms with Gasteiger partial charge in [-0.15, -0.1) is 0 Å². The Morgan fingerprint density at radius 3 is 2.67 bits per heavy atom. The van der Waals surface area contributed by atoms with Crippen molar-refractivity contribution in [1.29, 1.82) is 0 Å². The van der Waals surface area contributed by atoms with Crippen molar-refractivity contribution in [1.82, 2.24) is 4.90 Å². The highest BCUT2D eigenvalue weighted by Crippen LogP contribution is 2.39. The second kappa shape index (κ2) is 12.2. The van der Waals surface area contributed by atoms with E-state index < -0.39 is 5.97 Å². The lowest BCUT2D eigenvalue weighted by molar-refractivity contribution is -0.137. The molecule has 0 radical (unpaired) electrons. The Morgan fingerprint density at radius 2 is 1.97 bits per heavy atom. The van der Waals surface area contributed by atoms with Crippen molar-refractivity contribution in [3.05, 3.63) is 63.0 Å². The number of halogens is 1. The van der Waals surface area contributed by atoms with Crippen LogP contribution in [0, 0.1) is 0 Å². The van der Waals surface area contributed by atoms with Crippen molar-refractivity contribution in [3.8, 4) is 11.5 Å². The second-order valence-electron chi connectivity index (χ2n) is 7.35. The Morgan fingerprint density at radius 1 is 1.21 bits per heavy atom. The monoisotopic (exact) mass is 549 g/mol. The molecule has 0 unspecified atom stereocenters. The molecule has 2 aromatic rings. The van der Waals surface area contributed by atoms with Crippen molar-refractivity contribution in [2.75, 3.05) is 13.7 Å². The number of carbonyl (C=O) groups is 2. The summed E-state index contributed by atoms with van der Waals surface area (Å²) in [5, 5.41) is 8.72. The molecular weight excluding hydrogens is 526 g/mol. The van der Waals surface area contributed by atoms with E-state index in [1.54, 1.807) is 18.1 Å². The van der Waals surface area contributed by atoms with Crippen LogP contribution in [0.25, 0.3) is 6.08 Å². The van der Waals surface area contributed by atoms with Crippen LogP contribution in [-0.4, -0.2) is 39.9 Å². The Hall–Kier alpha value is -2.36. The number of thioether (sulfide) groups is 1. The van der Waals surface area contributed by atoms with Gasteiger partial charge < -0.3 is 14.6 Å². The van der Waals surface area contributed by atoms with Gasteiger partial charge in [0.15, 0.2) is 11.5 Å². The van der Waals surface area contributed by atoms with Gasteiger partial charge in [0, 0.05) is 13.0 Å². The number of thiocarbonyl (C=S) groups is 1. The fourth-order valence-corrected chi connectivity index (χ4v) is 5.14. The van der Waals surface area contributed by atoms with Crippen LogP contribution in [-0.2, 0) is 16.2 Å². The fourth-order valence-electron chi connectivity index (χ4n) is 3.26. The SMILES string of the molecule is COc1cc(/C=C2\SC(=S)N(CCCCCC(=O)O)C2=O)cc(Br)c1OCc1ccccc1. The van der Waals surface area contributed by atoms with Gasteiger partial charge in [0.1, 0.15) is 10.9 Å². The van der Waals surface area contributed by atoms with Crippen molar-refractivity contribution < 1.29 is 24.2 Å². The van der Waals surface area contributed by atoms with Crippen LogP contribution in [0.1, 0.15) is 36.8 Å². The molecule has 3 rings (SSSR count). The van der Waals surface area contributed by atoms with Gasteiger partial charge >= 0.3 is 5.97 Å². The molecule has 0 spiro atoms. The number of hydrogen-bond donors (Lipinski definition) is 1. The number of unbranched alkanes of at least 4 members (excludes halogenated alkanes) is 2. The van der Waals surface area contributed by atoms with E-state index in [2.05, 4.69) is 15.9 Å². The molecule has 1 fully saturated rings. The van der Waals surface area contributed by atoms with E-state index >= 15 is 0 Å². The van der Waals surface area contributed by atoms with E-state index in [1.165, 1.54) is 11.8 Å². The zero-order valence-corrected chi connectivity index (χ0v) is 21.3. The van der Waals surface area contributed by atoms with Crippen molar-refractivity contribution in [2.24, 2.45) is 0 Å². The smallest absolute Gasteiger partial charge is 0.303 e. The molecule has 2 aromatic carbocycles. The molecule has 0 aromatic heterocycles. The number of nitrogens with zero attached hydrogens (tertiary/aromatic N) is 1. The number of ether oxygens (including phenoxy) is 2. The van der Waals surface area contributed by atoms with Gasteiger partial charge in [-0.25, -0.2) is 0 Å². The van der Waals surface area contributed by atoms with Gasteiger partial charge in [0.25, 0.3) is 5.91 Å². The van der Waals surface area contributed by atoms with Crippen LogP contribution >= 0.6 is 39.9 Å². The van der Waals surface area contributed by atoms with Crippen molar-refractivity contribution >= 4 is 62.2 Å². The van der Waals surface area contributed by atoms with E-state index in [-0.39, 0.29) is 12.3 Å². The van der Waals surface area contributed by atoms with Crippen molar-refractivity contribution in [3.63, 3.8) is 0 Å². The number of benzene rings is 2. The first-order valence-electron chi connectivity index (χ1n) is 10.4. The normalized spacial score (nSPS) is 14.7. The molecule has 0 saturated carbocycles. The number of carboxylic acids is 1. The summed E-state index contributed by atoms with van der Waals surface area (Å²) in [5.74, 6) is 0.206. The molecule has 1 amide bonds. The van der Waals surface area contributed by atoms with Crippen molar-refractivity contribution in [2.45, 2.75) is 32.3 Å². The standard InChI is InChI=1S/C24H24BrNO5S2/c1-30-19-13-17(12-18(25)22(19)31-15-16-8-4-2-5-9-16)14-20-23(29)26(24(32)33-20)11-7-3-6-10-21(27)28/h2,4-5,8-9,12-14H,3,6-7,10-11,15H2,1H3,(H,27,28)/b20-14-. The van der Waals surface area contributed by atoms with Gasteiger partial charge in [0.2, 0.25) is 0 Å². The molecule has 1 aliphatic rings. The Labute approximate surface area is 211 Å². The number of methoxy groups -OCH3 is 1. The van der Waals surface area contributed by atoms with E-state index in [0.29, 0.717) is 46.7 Å². The third-order valence-electron chi connectivity index (χ3n) is 4.92. The molecule has 9 heteroatoms. The van der Waals surface area contributed by atoms with Gasteiger partial charge in [0.05, 0.1) is 16.5 Å². The minimum absolute atomic E-state index is 0.136. The predicted molar refractivity (Wildman–Crippen MR) is 137 cm³/mol. The summed E-state index contributed by atoms with van der Waals surface area (Å²) in [7, 11) is 1.57. The molecule has 0 atom stereocenters. The van der Waals surface area contributed by atoms with Gasteiger partial charge in [-0.3, -0.25) is 14.5 Å². The Kier molecular flexibility index (Phi) is 9.34. The van der Waals surface area contributed by atoms with Crippen LogP contribution in [0.15, 0.2) is 51.8 Å². The zero-order chi connectivity index (χ0) is 23.8. The highest BCUT2D eigenvalue weighted by Gasteiger charge is 2.31. The second-order valence-corrected chi connectivity index (χ2v) is 9.88. The maximum absolute atomic E-state index is 12.8. The van der Waals surface area contributed by atoms with Crippen LogP contribution < -0.4 is 9.47 Å². The molecule has 1 saturated heterocycles. The molecule has 0 aliphatic carbocycles. The fraction of sp³-hybridized carbons (Fsp3) is 0.292. The van der Waals surface area contributed by atoms with E-state index in [0.717, 1.165) is 22.0 Å². The third kappa shape index (κ3) is 7.06. The van der Waals surface area contributed by atoms with Crippen LogP contribution in [0.4, 0.5) is 0 Å². The minimum Gasteiger partial charge on any atom is -0.493 e. The van der Waals surface area contributed by atoms with Gasteiger partial charge in [-0.1, -0.05) is 60.7 Å². The molecule has 1 heterocycles. The number of carboxylic acid groups (broad SMARTS) is 1. The first kappa shape index (κ1) is 25.3. The number of carbonyl (C=O) groups excluding carboxylic acids is 1. The third-order valence-corrected chi connectivity index (χ3v) is 6.89. The average Bonchev–Trinajstić information content (AvgIpc) is 3.05. The summed E-state index contributed by atoms with van der Waals surface area (Å²) in [6.07, 6.45) is 3.96. The van der Waals surface area contributed by atoms with Gasteiger partial charge in [-0.05, 0) is 58.1 Å². The quantitative estimate of drug-likeness (QED) is 0.213. The van der Waals surface area contributed by atoms with E-state index in [1.807, 2.05) is 42.5 Å². The zero-order valence-electron chi connectivity index (χ0n) is 18.1. The first-order chi connectivity index (χ1) is 15.9. The summed E-state index contributed by atoms with van der Waals surface area (Å²) < 4.78 is 12.7. The van der Waals surface area contributed by atoms with Crippen LogP contribution in [0.2, 0.25) is 0 Å². The molecular formula is C24H24BrNO5S2. The number of hydrogen-bond acceptors (Lipinski definition) is 6. The summed E-state index contributed by atoms with van der Waals surface area (Å²) >= 11 is 10.2. The first-order valence-corrected chi connectivity index (χ1v) is 12.4. The molecule has 6 nitrogen and oxygen atoms in total. The number of amides is 1. The highest BCUT2D eigenvalue weighted by atomic mass is 79.9. The molecule has 0 bridgehead atoms. The minimum atomic E-state index is -0.804. The molecule has 1 N–H and O–H groups in total. The lowest BCUT2D eigenvalue weighted by Crippen LogP contribution is -2.29. The topological polar surface area (TPSA) is 76.1 Å². The maximum atomic E-state index is 12.8. The summed E-state index contributed by atoms with van der Waals surface area (Å²) in [5.41, 5.74) is 1.83. The Balaban J connectivity index is 1.68. The van der Waals surface area contributed by atoms with Crippen LogP contribution in [0.3, 0.4) is 0 Å². The highest BCUT2D eigenvalue weighted by molar-refractivity contribution is 9.10. The Bertz CT molecular complexity index is 1060. The summed E-state index contributed by atoms with van der Waals surface area (Å²) in [4.78, 5) is 25.6.